The molecular formula is C8H9NO2. The van der Waals surface area contributed by atoms with E-state index in [1.54, 1.807) is 25.2 Å². The van der Waals surface area contributed by atoms with E-state index in [1.165, 1.54) is 6.07 Å². The molecule has 3 nitrogen and oxygen atoms in total. The molecule has 0 aliphatic heterocycles. The average Bonchev–Trinajstić information content (AvgIpc) is 2.16. The van der Waals surface area contributed by atoms with Gasteiger partial charge in [-0.05, 0) is 12.1 Å². The molecule has 2 N–H and O–H groups in total. The normalized spacial score (nSPS) is 9.18. The Morgan fingerprint density at radius 2 is 2.00 bits per heavy atom. The highest BCUT2D eigenvalue weighted by Gasteiger charge is 1.98. The van der Waals surface area contributed by atoms with Gasteiger partial charge >= 0.3 is 0 Å². The van der Waals surface area contributed by atoms with Crippen LogP contribution >= 0.6 is 0 Å². The highest BCUT2D eigenvalue weighted by atomic mass is 16.3. The number of anilines is 1. The first-order chi connectivity index (χ1) is 5.25. The zero-order valence-corrected chi connectivity index (χ0v) is 6.16. The Morgan fingerprint density at radius 1 is 1.36 bits per heavy atom. The minimum absolute atomic E-state index is 0.238. The zero-order chi connectivity index (χ0) is 8.27. The van der Waals surface area contributed by atoms with Gasteiger partial charge in [0.25, 0.3) is 0 Å². The van der Waals surface area contributed by atoms with Crippen LogP contribution in [0, 0.1) is 0 Å². The van der Waals surface area contributed by atoms with E-state index in [0.29, 0.717) is 5.69 Å². The molecule has 0 bridgehead atoms. The van der Waals surface area contributed by atoms with E-state index in [9.17, 15) is 9.90 Å². The molecule has 11 heavy (non-hydrogen) atoms. The van der Waals surface area contributed by atoms with Gasteiger partial charge in [-0.15, -0.1) is 0 Å². The second kappa shape index (κ2) is 3.05. The monoisotopic (exact) mass is 151 g/mol. The van der Waals surface area contributed by atoms with Crippen LogP contribution in [0.4, 0.5) is 5.69 Å². The highest BCUT2D eigenvalue weighted by Crippen LogP contribution is 2.14. The Labute approximate surface area is 64.3 Å². The van der Waals surface area contributed by atoms with Crippen LogP contribution in [0.3, 0.4) is 0 Å². The van der Waals surface area contributed by atoms with E-state index in [-0.39, 0.29) is 11.2 Å². The first-order valence-corrected chi connectivity index (χ1v) is 3.26. The van der Waals surface area contributed by atoms with E-state index in [1.807, 2.05) is 0 Å². The summed E-state index contributed by atoms with van der Waals surface area (Å²) in [5.41, 5.74) is 0.0688. The fraction of sp³-hybridized carbons (Fsp3) is 0.125. The molecule has 0 aliphatic carbocycles. The largest absolute Gasteiger partial charge is 0.503 e. The van der Waals surface area contributed by atoms with Crippen LogP contribution in [-0.4, -0.2) is 12.2 Å². The van der Waals surface area contributed by atoms with Gasteiger partial charge < -0.3 is 10.4 Å². The summed E-state index contributed by atoms with van der Waals surface area (Å²) in [7, 11) is 1.65. The van der Waals surface area contributed by atoms with Crippen molar-refractivity contribution in [3.05, 3.63) is 34.5 Å². The lowest BCUT2D eigenvalue weighted by atomic mass is 10.4. The van der Waals surface area contributed by atoms with Crippen LogP contribution in [0.1, 0.15) is 0 Å². The summed E-state index contributed by atoms with van der Waals surface area (Å²) in [5.74, 6) is -0.238. The molecule has 0 amide bonds. The number of nitrogens with one attached hydrogen (secondary N) is 1. The first kappa shape index (κ1) is 7.60. The standard InChI is InChI=1S/C8H9NO2/c1-9-6-4-2-3-5-7(10)8(6)11/h2-5H,1H3,(H2,9,10,11). The molecule has 0 fully saturated rings. The van der Waals surface area contributed by atoms with E-state index in [0.717, 1.165) is 0 Å². The molecule has 3 heteroatoms. The third-order valence-corrected chi connectivity index (χ3v) is 1.38. The van der Waals surface area contributed by atoms with Gasteiger partial charge in [0, 0.05) is 7.05 Å². The molecule has 58 valence electrons. The molecule has 0 heterocycles. The lowest BCUT2D eigenvalue weighted by Crippen LogP contribution is -1.96. The predicted octanol–water partition coefficient (Wildman–Crippen LogP) is 0.794. The number of rotatable bonds is 1. The summed E-state index contributed by atoms with van der Waals surface area (Å²) < 4.78 is 0. The Bertz CT molecular complexity index is 309. The minimum atomic E-state index is -0.376. The lowest BCUT2D eigenvalue weighted by Gasteiger charge is -1.95. The molecule has 0 aromatic heterocycles. The van der Waals surface area contributed by atoms with Crippen molar-refractivity contribution < 1.29 is 5.11 Å². The molecule has 1 aromatic rings. The molecule has 1 rings (SSSR count). The van der Waals surface area contributed by atoms with Crippen LogP contribution in [0.25, 0.3) is 0 Å². The van der Waals surface area contributed by atoms with Crippen LogP contribution in [0.15, 0.2) is 29.1 Å². The Balaban J connectivity index is 3.42. The van der Waals surface area contributed by atoms with Gasteiger partial charge in [0.2, 0.25) is 5.43 Å². The molecule has 1 aromatic carbocycles. The van der Waals surface area contributed by atoms with Gasteiger partial charge in [-0.25, -0.2) is 0 Å². The summed E-state index contributed by atoms with van der Waals surface area (Å²) in [5, 5.41) is 11.9. The SMILES string of the molecule is CNc1ccccc(=O)c1O. The fourth-order valence-electron chi connectivity index (χ4n) is 0.787. The van der Waals surface area contributed by atoms with Crippen molar-refractivity contribution in [3.63, 3.8) is 0 Å². The summed E-state index contributed by atoms with van der Waals surface area (Å²) in [6.07, 6.45) is 0. The molecule has 0 spiro atoms. The summed E-state index contributed by atoms with van der Waals surface area (Å²) in [6, 6.07) is 6.22. The molecule has 0 saturated carbocycles. The van der Waals surface area contributed by atoms with Crippen molar-refractivity contribution in [3.8, 4) is 5.75 Å². The van der Waals surface area contributed by atoms with E-state index >= 15 is 0 Å². The lowest BCUT2D eigenvalue weighted by molar-refractivity contribution is 0.473. The van der Waals surface area contributed by atoms with E-state index < -0.39 is 0 Å². The Morgan fingerprint density at radius 3 is 2.64 bits per heavy atom. The second-order valence-corrected chi connectivity index (χ2v) is 2.09. The van der Waals surface area contributed by atoms with Crippen molar-refractivity contribution in [1.82, 2.24) is 0 Å². The average molecular weight is 151 g/mol. The molecular weight excluding hydrogens is 142 g/mol. The summed E-state index contributed by atoms with van der Waals surface area (Å²) in [4.78, 5) is 10.9. The van der Waals surface area contributed by atoms with E-state index in [4.69, 9.17) is 0 Å². The quantitative estimate of drug-likeness (QED) is 0.624. The molecule has 0 unspecified atom stereocenters. The maximum absolute atomic E-state index is 10.9. The topological polar surface area (TPSA) is 49.3 Å². The van der Waals surface area contributed by atoms with Crippen molar-refractivity contribution >= 4 is 5.69 Å². The number of aromatic hydroxyl groups is 1. The van der Waals surface area contributed by atoms with Gasteiger partial charge in [-0.3, -0.25) is 4.79 Å². The number of hydrogen-bond donors (Lipinski definition) is 2. The fourth-order valence-corrected chi connectivity index (χ4v) is 0.787. The Kier molecular flexibility index (Phi) is 2.11. The highest BCUT2D eigenvalue weighted by molar-refractivity contribution is 5.53. The molecule has 0 atom stereocenters. The van der Waals surface area contributed by atoms with Crippen LogP contribution in [0.5, 0.6) is 5.75 Å². The smallest absolute Gasteiger partial charge is 0.222 e. The first-order valence-electron chi connectivity index (χ1n) is 3.26. The predicted molar refractivity (Wildman–Crippen MR) is 43.9 cm³/mol. The van der Waals surface area contributed by atoms with Crippen LogP contribution in [-0.2, 0) is 0 Å². The van der Waals surface area contributed by atoms with Gasteiger partial charge in [-0.1, -0.05) is 12.1 Å². The summed E-state index contributed by atoms with van der Waals surface area (Å²) >= 11 is 0. The summed E-state index contributed by atoms with van der Waals surface area (Å²) in [6.45, 7) is 0. The molecule has 0 aliphatic rings. The Hall–Kier alpha value is -1.51. The van der Waals surface area contributed by atoms with Gasteiger partial charge in [0.15, 0.2) is 5.75 Å². The van der Waals surface area contributed by atoms with Crippen LogP contribution < -0.4 is 10.7 Å². The zero-order valence-electron chi connectivity index (χ0n) is 6.16. The molecule has 0 radical (unpaired) electrons. The van der Waals surface area contributed by atoms with Crippen molar-refractivity contribution in [2.75, 3.05) is 12.4 Å². The third kappa shape index (κ3) is 1.49. The van der Waals surface area contributed by atoms with Crippen molar-refractivity contribution in [1.29, 1.82) is 0 Å². The second-order valence-electron chi connectivity index (χ2n) is 2.09. The van der Waals surface area contributed by atoms with E-state index in [2.05, 4.69) is 5.32 Å². The molecule has 0 saturated heterocycles. The van der Waals surface area contributed by atoms with Crippen molar-refractivity contribution in [2.24, 2.45) is 0 Å². The van der Waals surface area contributed by atoms with Crippen molar-refractivity contribution in [2.45, 2.75) is 0 Å². The maximum Gasteiger partial charge on any atom is 0.222 e. The van der Waals surface area contributed by atoms with Gasteiger partial charge in [0.1, 0.15) is 0 Å². The third-order valence-electron chi connectivity index (χ3n) is 1.38. The van der Waals surface area contributed by atoms with Gasteiger partial charge in [-0.2, -0.15) is 0 Å². The number of hydrogen-bond acceptors (Lipinski definition) is 3. The van der Waals surface area contributed by atoms with Crippen LogP contribution in [0.2, 0.25) is 0 Å². The minimum Gasteiger partial charge on any atom is -0.503 e. The maximum atomic E-state index is 10.9. The van der Waals surface area contributed by atoms with Gasteiger partial charge in [0.05, 0.1) is 5.69 Å².